The monoisotopic (exact) mass is 773 g/mol. The highest BCUT2D eigenvalue weighted by Gasteiger charge is 2.35. The van der Waals surface area contributed by atoms with E-state index in [0.29, 0.717) is 38.9 Å². The van der Waals surface area contributed by atoms with Gasteiger partial charge in [-0.25, -0.2) is 8.42 Å². The minimum absolute atomic E-state index is 0.00460. The molecule has 0 aliphatic rings. The molecule has 4 rings (SSSR count). The van der Waals surface area contributed by atoms with Crippen molar-refractivity contribution in [1.29, 1.82) is 0 Å². The van der Waals surface area contributed by atoms with Crippen LogP contribution in [-0.4, -0.2) is 50.4 Å². The number of nitrogens with one attached hydrogen (secondary N) is 1. The number of hydrogen-bond donors (Lipinski definition) is 1. The van der Waals surface area contributed by atoms with Gasteiger partial charge in [0.25, 0.3) is 10.0 Å². The second-order valence-corrected chi connectivity index (χ2v) is 14.8. The number of halogens is 3. The van der Waals surface area contributed by atoms with E-state index in [1.807, 2.05) is 51.1 Å². The molecule has 0 aliphatic heterocycles. The summed E-state index contributed by atoms with van der Waals surface area (Å²) < 4.78 is 35.8. The van der Waals surface area contributed by atoms with Gasteiger partial charge >= 0.3 is 0 Å². The third kappa shape index (κ3) is 9.75. The van der Waals surface area contributed by atoms with Crippen molar-refractivity contribution in [2.45, 2.75) is 57.1 Å². The van der Waals surface area contributed by atoms with Crippen LogP contribution in [0.25, 0.3) is 0 Å². The molecule has 0 bridgehead atoms. The molecule has 12 heteroatoms. The van der Waals surface area contributed by atoms with Crippen molar-refractivity contribution in [3.63, 3.8) is 0 Å². The third-order valence-corrected chi connectivity index (χ3v) is 10.6. The number of sulfonamides is 1. The molecule has 0 aliphatic carbocycles. The molecule has 254 valence electrons. The molecule has 0 fully saturated rings. The van der Waals surface area contributed by atoms with Crippen LogP contribution in [0.15, 0.2) is 106 Å². The van der Waals surface area contributed by atoms with E-state index in [2.05, 4.69) is 21.2 Å². The van der Waals surface area contributed by atoms with Gasteiger partial charge in [-0.1, -0.05) is 82.5 Å². The molecule has 0 saturated carbocycles. The lowest BCUT2D eigenvalue weighted by Crippen LogP contribution is -2.54. The summed E-state index contributed by atoms with van der Waals surface area (Å²) in [7, 11) is -4.26. The van der Waals surface area contributed by atoms with E-state index in [4.69, 9.17) is 27.9 Å². The molecule has 48 heavy (non-hydrogen) atoms. The molecule has 1 N–H and O–H groups in total. The maximum absolute atomic E-state index is 14.6. The molecular weight excluding hydrogens is 737 g/mol. The zero-order valence-corrected chi connectivity index (χ0v) is 30.8. The highest BCUT2D eigenvalue weighted by molar-refractivity contribution is 9.10. The van der Waals surface area contributed by atoms with E-state index >= 15 is 0 Å². The summed E-state index contributed by atoms with van der Waals surface area (Å²) in [5, 5.41) is 3.75. The number of anilines is 1. The third-order valence-electron chi connectivity index (χ3n) is 7.74. The van der Waals surface area contributed by atoms with Gasteiger partial charge in [-0.15, -0.1) is 0 Å². The number of amides is 2. The number of nitrogens with zero attached hydrogens (tertiary/aromatic N) is 2. The minimum Gasteiger partial charge on any atom is -0.494 e. The maximum atomic E-state index is 14.6. The molecule has 0 saturated heterocycles. The number of carbonyl (C=O) groups excluding carboxylic acids is 2. The second-order valence-electron chi connectivity index (χ2n) is 11.2. The Morgan fingerprint density at radius 2 is 1.58 bits per heavy atom. The van der Waals surface area contributed by atoms with Gasteiger partial charge in [-0.05, 0) is 92.1 Å². The van der Waals surface area contributed by atoms with Gasteiger partial charge in [0.1, 0.15) is 18.3 Å². The van der Waals surface area contributed by atoms with Gasteiger partial charge < -0.3 is 15.0 Å². The molecule has 4 aromatic carbocycles. The van der Waals surface area contributed by atoms with E-state index in [1.54, 1.807) is 54.6 Å². The van der Waals surface area contributed by atoms with Crippen molar-refractivity contribution >= 4 is 66.7 Å². The maximum Gasteiger partial charge on any atom is 0.264 e. The van der Waals surface area contributed by atoms with Gasteiger partial charge in [0, 0.05) is 33.5 Å². The first-order valence-electron chi connectivity index (χ1n) is 15.5. The summed E-state index contributed by atoms with van der Waals surface area (Å²) in [6, 6.07) is 25.8. The first kappa shape index (κ1) is 37.3. The minimum atomic E-state index is -4.26. The quantitative estimate of drug-likeness (QED) is 0.133. The van der Waals surface area contributed by atoms with Crippen LogP contribution in [0.4, 0.5) is 5.69 Å². The topological polar surface area (TPSA) is 96.0 Å². The number of rotatable bonds is 15. The van der Waals surface area contributed by atoms with Gasteiger partial charge in [0.15, 0.2) is 0 Å². The Labute approximate surface area is 301 Å². The van der Waals surface area contributed by atoms with E-state index in [9.17, 15) is 18.0 Å². The summed E-state index contributed by atoms with van der Waals surface area (Å²) in [6.45, 7) is 5.45. The number of carbonyl (C=O) groups is 2. The Kier molecular flexibility index (Phi) is 13.3. The Bertz CT molecular complexity index is 1790. The summed E-state index contributed by atoms with van der Waals surface area (Å²) in [5.41, 5.74) is 1.63. The average molecular weight is 776 g/mol. The molecular formula is C36H38BrCl2N3O5S. The lowest BCUT2D eigenvalue weighted by molar-refractivity contribution is -0.140. The Morgan fingerprint density at radius 3 is 2.19 bits per heavy atom. The van der Waals surface area contributed by atoms with Crippen molar-refractivity contribution in [3.8, 4) is 5.75 Å². The Hall–Kier alpha value is -3.57. The largest absolute Gasteiger partial charge is 0.494 e. The lowest BCUT2D eigenvalue weighted by Gasteiger charge is -2.34. The van der Waals surface area contributed by atoms with Gasteiger partial charge in [0.2, 0.25) is 11.8 Å². The van der Waals surface area contributed by atoms with Crippen molar-refractivity contribution < 1.29 is 22.7 Å². The van der Waals surface area contributed by atoms with Crippen LogP contribution in [0.2, 0.25) is 10.0 Å². The van der Waals surface area contributed by atoms with Gasteiger partial charge in [-0.3, -0.25) is 13.9 Å². The molecule has 0 radical (unpaired) electrons. The molecule has 8 nitrogen and oxygen atoms in total. The Balaban J connectivity index is 1.83. The highest BCUT2D eigenvalue weighted by atomic mass is 79.9. The average Bonchev–Trinajstić information content (AvgIpc) is 3.07. The molecule has 2 atom stereocenters. The normalized spacial score (nSPS) is 12.5. The molecule has 0 spiro atoms. The fraction of sp³-hybridized carbons (Fsp3) is 0.278. The molecule has 4 aromatic rings. The summed E-state index contributed by atoms with van der Waals surface area (Å²) in [4.78, 5) is 30.0. The molecule has 0 heterocycles. The molecule has 2 amide bonds. The number of benzene rings is 4. The fourth-order valence-electron chi connectivity index (χ4n) is 4.97. The number of ether oxygens (including phenoxy) is 1. The lowest BCUT2D eigenvalue weighted by atomic mass is 10.0. The van der Waals surface area contributed by atoms with Crippen LogP contribution >= 0.6 is 39.1 Å². The van der Waals surface area contributed by atoms with Crippen molar-refractivity contribution in [1.82, 2.24) is 10.2 Å². The van der Waals surface area contributed by atoms with E-state index in [1.165, 1.54) is 17.0 Å². The van der Waals surface area contributed by atoms with Gasteiger partial charge in [0.05, 0.1) is 17.2 Å². The molecule has 0 aromatic heterocycles. The second kappa shape index (κ2) is 17.2. The van der Waals surface area contributed by atoms with E-state index < -0.39 is 28.5 Å². The zero-order valence-electron chi connectivity index (χ0n) is 26.9. The molecule has 0 unspecified atom stereocenters. The van der Waals surface area contributed by atoms with Crippen LogP contribution < -0.4 is 14.4 Å². The van der Waals surface area contributed by atoms with Crippen LogP contribution in [0.5, 0.6) is 5.75 Å². The summed E-state index contributed by atoms with van der Waals surface area (Å²) in [5.74, 6) is -0.414. The Morgan fingerprint density at radius 1 is 0.917 bits per heavy atom. The van der Waals surface area contributed by atoms with E-state index in [-0.39, 0.29) is 35.5 Å². The van der Waals surface area contributed by atoms with Crippen LogP contribution in [0.3, 0.4) is 0 Å². The van der Waals surface area contributed by atoms with Gasteiger partial charge in [-0.2, -0.15) is 0 Å². The van der Waals surface area contributed by atoms with Crippen LogP contribution in [0.1, 0.15) is 38.3 Å². The summed E-state index contributed by atoms with van der Waals surface area (Å²) in [6.07, 6.45) is 0.861. The first-order valence-corrected chi connectivity index (χ1v) is 18.5. The standard InChI is InChI=1S/C36H38BrCl2N3O5S/c1-4-25(3)40-36(44)34(21-26-9-7-6-8-10-26)41(23-27-11-14-29(38)22-33(27)39)35(43)24-42(30-15-17-31(18-16-30)47-5-2)48(45,46)32-19-12-28(37)13-20-32/h6-20,22,25,34H,4-5,21,23-24H2,1-3H3,(H,40,44)/t25-,34-/m0/s1. The van der Waals surface area contributed by atoms with Crippen molar-refractivity contribution in [2.24, 2.45) is 0 Å². The van der Waals surface area contributed by atoms with Crippen molar-refractivity contribution in [3.05, 3.63) is 123 Å². The zero-order chi connectivity index (χ0) is 34.8. The van der Waals surface area contributed by atoms with E-state index in [0.717, 1.165) is 9.87 Å². The van der Waals surface area contributed by atoms with Crippen LogP contribution in [0, 0.1) is 0 Å². The first-order chi connectivity index (χ1) is 22.9. The highest BCUT2D eigenvalue weighted by Crippen LogP contribution is 2.29. The van der Waals surface area contributed by atoms with Crippen LogP contribution in [-0.2, 0) is 32.6 Å². The van der Waals surface area contributed by atoms with Crippen molar-refractivity contribution in [2.75, 3.05) is 17.5 Å². The smallest absolute Gasteiger partial charge is 0.264 e. The summed E-state index contributed by atoms with van der Waals surface area (Å²) >= 11 is 16.1. The predicted molar refractivity (Wildman–Crippen MR) is 195 cm³/mol. The number of hydrogen-bond acceptors (Lipinski definition) is 5. The predicted octanol–water partition coefficient (Wildman–Crippen LogP) is 7.90. The fourth-order valence-corrected chi connectivity index (χ4v) is 7.11. The SMILES string of the molecule is CCOc1ccc(N(CC(=O)N(Cc2ccc(Cl)cc2Cl)[C@@H](Cc2ccccc2)C(=O)N[C@@H](C)CC)S(=O)(=O)c2ccc(Br)cc2)cc1.